The monoisotopic (exact) mass is 432 g/mol. The number of rotatable bonds is 5. The molecule has 2 aromatic carbocycles. The number of hydrogen-bond acceptors (Lipinski definition) is 4. The summed E-state index contributed by atoms with van der Waals surface area (Å²) < 4.78 is 45.9. The zero-order valence-electron chi connectivity index (χ0n) is 14.7. The van der Waals surface area contributed by atoms with Gasteiger partial charge in [0.1, 0.15) is 16.5 Å². The Morgan fingerprint density at radius 1 is 1.07 bits per heavy atom. The standard InChI is InChI=1S/C18H19Cl2FN2O3S/c1-26-17-5-3-15(21)10-13(17)12-22-6-8-23(9-7-22)27(24,25)18-11-14(19)2-4-16(18)20/h2-5,10-11H,6-9,12H2,1H3. The minimum Gasteiger partial charge on any atom is -0.496 e. The maximum absolute atomic E-state index is 13.5. The zero-order chi connectivity index (χ0) is 19.6. The topological polar surface area (TPSA) is 49.9 Å². The van der Waals surface area contributed by atoms with Crippen LogP contribution in [0.5, 0.6) is 5.75 Å². The molecule has 27 heavy (non-hydrogen) atoms. The van der Waals surface area contributed by atoms with Crippen molar-refractivity contribution in [3.8, 4) is 5.75 Å². The van der Waals surface area contributed by atoms with Crippen molar-refractivity contribution in [3.63, 3.8) is 0 Å². The van der Waals surface area contributed by atoms with Gasteiger partial charge in [0.05, 0.1) is 12.1 Å². The maximum Gasteiger partial charge on any atom is 0.244 e. The highest BCUT2D eigenvalue weighted by Gasteiger charge is 2.30. The van der Waals surface area contributed by atoms with Gasteiger partial charge in [0.2, 0.25) is 10.0 Å². The van der Waals surface area contributed by atoms with Crippen molar-refractivity contribution in [2.24, 2.45) is 0 Å². The van der Waals surface area contributed by atoms with Crippen molar-refractivity contribution in [2.75, 3.05) is 33.3 Å². The Kier molecular flexibility index (Phi) is 6.28. The predicted octanol–water partition coefficient (Wildman–Crippen LogP) is 3.65. The Balaban J connectivity index is 1.70. The molecule has 1 heterocycles. The van der Waals surface area contributed by atoms with Crippen LogP contribution in [-0.2, 0) is 16.6 Å². The molecular weight excluding hydrogens is 414 g/mol. The van der Waals surface area contributed by atoms with Gasteiger partial charge in [-0.2, -0.15) is 4.31 Å². The average molecular weight is 433 g/mol. The molecule has 0 bridgehead atoms. The fourth-order valence-electron chi connectivity index (χ4n) is 3.05. The van der Waals surface area contributed by atoms with Gasteiger partial charge >= 0.3 is 0 Å². The van der Waals surface area contributed by atoms with Gasteiger partial charge in [0.25, 0.3) is 0 Å². The molecule has 0 aliphatic carbocycles. The molecule has 1 fully saturated rings. The van der Waals surface area contributed by atoms with Crippen LogP contribution in [0.25, 0.3) is 0 Å². The lowest BCUT2D eigenvalue weighted by molar-refractivity contribution is 0.180. The number of methoxy groups -OCH3 is 1. The van der Waals surface area contributed by atoms with Crippen LogP contribution < -0.4 is 4.74 Å². The summed E-state index contributed by atoms with van der Waals surface area (Å²) in [5.41, 5.74) is 0.728. The lowest BCUT2D eigenvalue weighted by Crippen LogP contribution is -2.48. The molecule has 0 saturated carbocycles. The number of ether oxygens (including phenoxy) is 1. The molecule has 2 aromatic rings. The van der Waals surface area contributed by atoms with Crippen LogP contribution in [-0.4, -0.2) is 50.9 Å². The molecule has 1 aliphatic heterocycles. The van der Waals surface area contributed by atoms with E-state index >= 15 is 0 Å². The second-order valence-electron chi connectivity index (χ2n) is 6.21. The van der Waals surface area contributed by atoms with E-state index in [9.17, 15) is 12.8 Å². The molecule has 0 unspecified atom stereocenters. The third-order valence-electron chi connectivity index (χ3n) is 4.48. The number of hydrogen-bond donors (Lipinski definition) is 0. The number of sulfonamides is 1. The van der Waals surface area contributed by atoms with Crippen molar-refractivity contribution in [3.05, 3.63) is 57.8 Å². The summed E-state index contributed by atoms with van der Waals surface area (Å²) in [6.45, 7) is 2.12. The average Bonchev–Trinajstić information content (AvgIpc) is 2.64. The van der Waals surface area contributed by atoms with Crippen LogP contribution >= 0.6 is 23.2 Å². The van der Waals surface area contributed by atoms with Crippen LogP contribution in [0.2, 0.25) is 10.0 Å². The first kappa shape index (κ1) is 20.4. The van der Waals surface area contributed by atoms with E-state index in [0.29, 0.717) is 43.5 Å². The van der Waals surface area contributed by atoms with Gasteiger partial charge in [-0.05, 0) is 36.4 Å². The molecule has 0 atom stereocenters. The zero-order valence-corrected chi connectivity index (χ0v) is 17.0. The van der Waals surface area contributed by atoms with E-state index in [-0.39, 0.29) is 15.7 Å². The largest absolute Gasteiger partial charge is 0.496 e. The molecule has 1 aliphatic rings. The highest BCUT2D eigenvalue weighted by Crippen LogP contribution is 2.29. The lowest BCUT2D eigenvalue weighted by atomic mass is 10.1. The fourth-order valence-corrected chi connectivity index (χ4v) is 5.21. The molecule has 0 aromatic heterocycles. The van der Waals surface area contributed by atoms with Crippen molar-refractivity contribution < 1.29 is 17.5 Å². The molecule has 5 nitrogen and oxygen atoms in total. The summed E-state index contributed by atoms with van der Waals surface area (Å²) in [6.07, 6.45) is 0. The number of halogens is 3. The molecule has 1 saturated heterocycles. The van der Waals surface area contributed by atoms with Crippen LogP contribution in [0.1, 0.15) is 5.56 Å². The lowest BCUT2D eigenvalue weighted by Gasteiger charge is -2.34. The van der Waals surface area contributed by atoms with Crippen molar-refractivity contribution in [2.45, 2.75) is 11.4 Å². The first-order chi connectivity index (χ1) is 12.8. The predicted molar refractivity (Wildman–Crippen MR) is 103 cm³/mol. The van der Waals surface area contributed by atoms with Gasteiger partial charge in [0.15, 0.2) is 0 Å². The summed E-state index contributed by atoms with van der Waals surface area (Å²) in [5.74, 6) is 0.278. The summed E-state index contributed by atoms with van der Waals surface area (Å²) in [6, 6.07) is 8.77. The number of nitrogens with zero attached hydrogens (tertiary/aromatic N) is 2. The third kappa shape index (κ3) is 4.55. The van der Waals surface area contributed by atoms with Crippen molar-refractivity contribution >= 4 is 33.2 Å². The van der Waals surface area contributed by atoms with Gasteiger partial charge in [-0.15, -0.1) is 0 Å². The summed E-state index contributed by atoms with van der Waals surface area (Å²) in [4.78, 5) is 2.07. The van der Waals surface area contributed by atoms with Gasteiger partial charge in [-0.25, -0.2) is 12.8 Å². The van der Waals surface area contributed by atoms with Crippen molar-refractivity contribution in [1.29, 1.82) is 0 Å². The summed E-state index contributed by atoms with van der Waals surface area (Å²) in [5, 5.41) is 0.459. The second-order valence-corrected chi connectivity index (χ2v) is 8.96. The van der Waals surface area contributed by atoms with Gasteiger partial charge in [0, 0.05) is 43.3 Å². The quantitative estimate of drug-likeness (QED) is 0.723. The van der Waals surface area contributed by atoms with Crippen molar-refractivity contribution in [1.82, 2.24) is 9.21 Å². The van der Waals surface area contributed by atoms with Crippen LogP contribution in [0.3, 0.4) is 0 Å². The molecular formula is C18H19Cl2FN2O3S. The summed E-state index contributed by atoms with van der Waals surface area (Å²) in [7, 11) is -2.19. The summed E-state index contributed by atoms with van der Waals surface area (Å²) >= 11 is 12.0. The minimum atomic E-state index is -3.73. The highest BCUT2D eigenvalue weighted by atomic mass is 35.5. The Bertz CT molecular complexity index is 932. The SMILES string of the molecule is COc1ccc(F)cc1CN1CCN(S(=O)(=O)c2cc(Cl)ccc2Cl)CC1. The molecule has 146 valence electrons. The molecule has 0 spiro atoms. The number of piperazine rings is 1. The van der Waals surface area contributed by atoms with E-state index in [1.54, 1.807) is 12.1 Å². The van der Waals surface area contributed by atoms with Crippen LogP contribution in [0.4, 0.5) is 4.39 Å². The molecule has 3 rings (SSSR count). The van der Waals surface area contributed by atoms with E-state index in [1.807, 2.05) is 0 Å². The second kappa shape index (κ2) is 8.32. The van der Waals surface area contributed by atoms with Gasteiger partial charge < -0.3 is 4.74 Å². The van der Waals surface area contributed by atoms with Gasteiger partial charge in [-0.3, -0.25) is 4.90 Å². The Morgan fingerprint density at radius 3 is 2.44 bits per heavy atom. The van der Waals surface area contributed by atoms with E-state index in [0.717, 1.165) is 5.56 Å². The van der Waals surface area contributed by atoms with Gasteiger partial charge in [-0.1, -0.05) is 23.2 Å². The van der Waals surface area contributed by atoms with E-state index < -0.39 is 10.0 Å². The van der Waals surface area contributed by atoms with Crippen LogP contribution in [0, 0.1) is 5.82 Å². The molecule has 9 heteroatoms. The van der Waals surface area contributed by atoms with Crippen LogP contribution in [0.15, 0.2) is 41.3 Å². The normalized spacial score (nSPS) is 16.4. The fraction of sp³-hybridized carbons (Fsp3) is 0.333. The van der Waals surface area contributed by atoms with E-state index in [1.165, 1.54) is 35.7 Å². The Hall–Kier alpha value is -1.38. The Morgan fingerprint density at radius 2 is 1.78 bits per heavy atom. The maximum atomic E-state index is 13.5. The molecule has 0 amide bonds. The first-order valence-corrected chi connectivity index (χ1v) is 10.5. The van der Waals surface area contributed by atoms with E-state index in [2.05, 4.69) is 4.90 Å². The Labute approximate surface area is 168 Å². The molecule has 0 N–H and O–H groups in total. The highest BCUT2D eigenvalue weighted by molar-refractivity contribution is 7.89. The molecule has 0 radical (unpaired) electrons. The smallest absolute Gasteiger partial charge is 0.244 e. The minimum absolute atomic E-state index is 0.0110. The van der Waals surface area contributed by atoms with E-state index in [4.69, 9.17) is 27.9 Å². The third-order valence-corrected chi connectivity index (χ3v) is 7.09. The number of benzene rings is 2. The first-order valence-electron chi connectivity index (χ1n) is 8.31.